The Bertz CT molecular complexity index is 1570. The molecule has 6 nitrogen and oxygen atoms in total. The summed E-state index contributed by atoms with van der Waals surface area (Å²) in [4.78, 5) is 13.9. The molecule has 0 bridgehead atoms. The number of aromatic nitrogens is 3. The van der Waals surface area contributed by atoms with Crippen LogP contribution in [0.15, 0.2) is 69.8 Å². The average Bonchev–Trinajstić information content (AvgIpc) is 2.85. The zero-order chi connectivity index (χ0) is 25.4. The summed E-state index contributed by atoms with van der Waals surface area (Å²) in [5.41, 5.74) is 5.15. The topological polar surface area (TPSA) is 64.3 Å². The van der Waals surface area contributed by atoms with E-state index in [1.807, 2.05) is 44.2 Å². The van der Waals surface area contributed by atoms with Gasteiger partial charge in [-0.05, 0) is 69.2 Å². The molecule has 0 spiro atoms. The van der Waals surface area contributed by atoms with E-state index in [0.717, 1.165) is 28.0 Å². The number of rotatable bonds is 5. The van der Waals surface area contributed by atoms with E-state index in [4.69, 9.17) is 37.9 Å². The summed E-state index contributed by atoms with van der Waals surface area (Å²) in [6, 6.07) is 12.3. The van der Waals surface area contributed by atoms with Gasteiger partial charge in [-0.2, -0.15) is 0 Å². The predicted molar refractivity (Wildman–Crippen MR) is 143 cm³/mol. The van der Waals surface area contributed by atoms with Crippen LogP contribution in [-0.4, -0.2) is 27.7 Å². The lowest BCUT2D eigenvalue weighted by atomic mass is 10.1. The number of ether oxygens (including phenoxy) is 1. The van der Waals surface area contributed by atoms with Gasteiger partial charge in [-0.25, -0.2) is 14.4 Å². The summed E-state index contributed by atoms with van der Waals surface area (Å²) >= 11 is 12.7. The van der Waals surface area contributed by atoms with E-state index in [1.54, 1.807) is 19.4 Å². The highest BCUT2D eigenvalue weighted by Gasteiger charge is 2.21. The summed E-state index contributed by atoms with van der Waals surface area (Å²) in [6.45, 7) is 4.04. The van der Waals surface area contributed by atoms with Crippen LogP contribution < -0.4 is 15.4 Å². The van der Waals surface area contributed by atoms with Crippen molar-refractivity contribution in [3.05, 3.63) is 76.0 Å². The number of fused-ring (bicyclic) bond motifs is 2. The molecule has 0 unspecified atom stereocenters. The highest BCUT2D eigenvalue weighted by atomic mass is 35.5. The Hall–Kier alpha value is -3.42. The monoisotopic (exact) mass is 523 g/mol. The molecule has 0 saturated carbocycles. The van der Waals surface area contributed by atoms with Crippen LogP contribution in [0.5, 0.6) is 5.88 Å². The third-order valence-electron chi connectivity index (χ3n) is 5.82. The van der Waals surface area contributed by atoms with Crippen LogP contribution in [0, 0.1) is 5.82 Å². The smallest absolute Gasteiger partial charge is 0.237 e. The first-order valence-electron chi connectivity index (χ1n) is 11.5. The van der Waals surface area contributed by atoms with Gasteiger partial charge in [-0.3, -0.25) is 4.99 Å². The van der Waals surface area contributed by atoms with Crippen LogP contribution in [0.4, 0.5) is 15.8 Å². The molecular weight excluding hydrogens is 500 g/mol. The summed E-state index contributed by atoms with van der Waals surface area (Å²) in [5, 5.41) is 5.27. The Kier molecular flexibility index (Phi) is 6.69. The molecule has 0 radical (unpaired) electrons. The van der Waals surface area contributed by atoms with E-state index in [0.29, 0.717) is 45.7 Å². The average molecular weight is 524 g/mol. The van der Waals surface area contributed by atoms with Gasteiger partial charge in [0.05, 0.1) is 45.6 Å². The van der Waals surface area contributed by atoms with Crippen LogP contribution in [0.25, 0.3) is 28.1 Å². The lowest BCUT2D eigenvalue weighted by molar-refractivity contribution is 0.400. The molecule has 1 aromatic carbocycles. The lowest BCUT2D eigenvalue weighted by Crippen LogP contribution is -2.17. The van der Waals surface area contributed by atoms with Crippen molar-refractivity contribution in [2.75, 3.05) is 12.4 Å². The Labute approximate surface area is 218 Å². The summed E-state index contributed by atoms with van der Waals surface area (Å²) in [6.07, 6.45) is 4.82. The maximum Gasteiger partial charge on any atom is 0.237 e. The van der Waals surface area contributed by atoms with Crippen molar-refractivity contribution in [2.45, 2.75) is 32.7 Å². The van der Waals surface area contributed by atoms with Crippen molar-refractivity contribution in [3.8, 4) is 17.3 Å². The van der Waals surface area contributed by atoms with E-state index in [-0.39, 0.29) is 11.9 Å². The molecule has 9 heteroatoms. The van der Waals surface area contributed by atoms with Gasteiger partial charge in [0.25, 0.3) is 0 Å². The van der Waals surface area contributed by atoms with Crippen molar-refractivity contribution >= 4 is 51.3 Å². The second kappa shape index (κ2) is 9.91. The molecule has 2 aliphatic carbocycles. The molecule has 184 valence electrons. The minimum Gasteiger partial charge on any atom is -0.480 e. The van der Waals surface area contributed by atoms with Crippen LogP contribution in [0.2, 0.25) is 0 Å². The van der Waals surface area contributed by atoms with Crippen LogP contribution in [0.1, 0.15) is 26.7 Å². The molecule has 2 aromatic rings. The van der Waals surface area contributed by atoms with Crippen molar-refractivity contribution in [2.24, 2.45) is 4.99 Å². The molecule has 0 saturated heterocycles. The molecule has 0 amide bonds. The number of allylic oxidation sites excluding steroid dienone is 4. The molecule has 3 aliphatic rings. The van der Waals surface area contributed by atoms with Gasteiger partial charge in [0.1, 0.15) is 11.5 Å². The minimum absolute atomic E-state index is 0.0415. The van der Waals surface area contributed by atoms with Crippen LogP contribution >= 0.6 is 23.2 Å². The molecular formula is C27H24Cl2FN5O. The highest BCUT2D eigenvalue weighted by Crippen LogP contribution is 2.37. The molecule has 36 heavy (non-hydrogen) atoms. The molecule has 0 atom stereocenters. The fourth-order valence-corrected chi connectivity index (χ4v) is 4.66. The van der Waals surface area contributed by atoms with E-state index < -0.39 is 0 Å². The molecule has 1 aliphatic heterocycles. The number of hydrogen-bond donors (Lipinski definition) is 1. The van der Waals surface area contributed by atoms with E-state index in [9.17, 15) is 4.39 Å². The Morgan fingerprint density at radius 3 is 2.69 bits per heavy atom. The third-order valence-corrected chi connectivity index (χ3v) is 6.65. The van der Waals surface area contributed by atoms with Crippen LogP contribution in [0.3, 0.4) is 0 Å². The number of nitrogens with zero attached hydrogens (tertiary/aromatic N) is 4. The first-order valence-corrected chi connectivity index (χ1v) is 12.3. The fourth-order valence-electron chi connectivity index (χ4n) is 4.29. The first-order chi connectivity index (χ1) is 17.3. The highest BCUT2D eigenvalue weighted by molar-refractivity contribution is 6.40. The number of methoxy groups -OCH3 is 1. The van der Waals surface area contributed by atoms with Crippen molar-refractivity contribution in [1.82, 2.24) is 14.5 Å². The second-order valence-electron chi connectivity index (χ2n) is 8.73. The minimum atomic E-state index is -0.357. The molecule has 1 N–H and O–H groups in total. The second-order valence-corrected chi connectivity index (χ2v) is 9.60. The summed E-state index contributed by atoms with van der Waals surface area (Å²) in [5.74, 6) is 0.103. The number of pyridine rings is 1. The standard InChI is InChI=1S/C27H24Cl2FN5O/c1-15(2)32-22-14-26-24(13-21(22)33-20-5-4-10-31-27(20)36-3)34-23-11-16(30)6-9-25(23)35(26)17-7-8-18(28)19(29)12-17/h4-6,9-15,33H,7-8H2,1-3H3. The van der Waals surface area contributed by atoms with Gasteiger partial charge >= 0.3 is 0 Å². The molecule has 2 heterocycles. The van der Waals surface area contributed by atoms with Crippen molar-refractivity contribution < 1.29 is 9.13 Å². The predicted octanol–water partition coefficient (Wildman–Crippen LogP) is 7.06. The molecule has 5 rings (SSSR count). The van der Waals surface area contributed by atoms with Gasteiger partial charge in [0, 0.05) is 29.0 Å². The quantitative estimate of drug-likeness (QED) is 0.284. The van der Waals surface area contributed by atoms with Gasteiger partial charge in [0.2, 0.25) is 5.88 Å². The number of nitrogens with one attached hydrogen (secondary N) is 1. The largest absolute Gasteiger partial charge is 0.480 e. The van der Waals surface area contributed by atoms with Crippen molar-refractivity contribution in [1.29, 1.82) is 0 Å². The maximum atomic E-state index is 14.2. The zero-order valence-electron chi connectivity index (χ0n) is 20.0. The lowest BCUT2D eigenvalue weighted by Gasteiger charge is -2.24. The summed E-state index contributed by atoms with van der Waals surface area (Å²) in [7, 11) is 1.57. The zero-order valence-corrected chi connectivity index (χ0v) is 21.5. The molecule has 1 aromatic heterocycles. The summed E-state index contributed by atoms with van der Waals surface area (Å²) < 4.78 is 21.7. The normalized spacial score (nSPS) is 14.6. The number of anilines is 2. The van der Waals surface area contributed by atoms with E-state index in [1.165, 1.54) is 12.1 Å². The van der Waals surface area contributed by atoms with E-state index >= 15 is 0 Å². The Balaban J connectivity index is 1.82. The van der Waals surface area contributed by atoms with Crippen molar-refractivity contribution in [3.63, 3.8) is 0 Å². The van der Waals surface area contributed by atoms with Gasteiger partial charge in [0.15, 0.2) is 0 Å². The number of halogens is 3. The van der Waals surface area contributed by atoms with Gasteiger partial charge < -0.3 is 14.6 Å². The maximum absolute atomic E-state index is 14.2. The Morgan fingerprint density at radius 2 is 1.94 bits per heavy atom. The third kappa shape index (κ3) is 4.68. The SMILES string of the molecule is COc1ncccc1Nc1cc2nc3cc(F)ccc3n(C3=CC(Cl)=C(Cl)CC3)c-2cc1=NC(C)C. The Morgan fingerprint density at radius 1 is 1.11 bits per heavy atom. The number of hydrogen-bond acceptors (Lipinski definition) is 5. The molecule has 0 fully saturated rings. The van der Waals surface area contributed by atoms with Crippen LogP contribution in [-0.2, 0) is 0 Å². The van der Waals surface area contributed by atoms with Gasteiger partial charge in [-0.1, -0.05) is 23.2 Å². The number of benzene rings is 2. The van der Waals surface area contributed by atoms with Gasteiger partial charge in [-0.15, -0.1) is 0 Å². The fraction of sp³-hybridized carbons (Fsp3) is 0.222. The first kappa shape index (κ1) is 24.3. The van der Waals surface area contributed by atoms with E-state index in [2.05, 4.69) is 14.9 Å².